The van der Waals surface area contributed by atoms with Crippen molar-refractivity contribution in [1.82, 2.24) is 0 Å². The first kappa shape index (κ1) is 48.8. The van der Waals surface area contributed by atoms with Gasteiger partial charge in [-0.25, -0.2) is 0 Å². The van der Waals surface area contributed by atoms with Gasteiger partial charge in [0, 0.05) is 32.8 Å². The summed E-state index contributed by atoms with van der Waals surface area (Å²) in [4.78, 5) is 49.3. The number of carbonyl (C=O) groups excluding carboxylic acids is 4. The predicted molar refractivity (Wildman–Crippen MR) is 201 cm³/mol. The molecule has 0 aromatic carbocycles. The van der Waals surface area contributed by atoms with E-state index in [1.54, 1.807) is 7.11 Å². The first-order chi connectivity index (χ1) is 24.9. The van der Waals surface area contributed by atoms with E-state index in [1.807, 2.05) is 0 Å². The summed E-state index contributed by atoms with van der Waals surface area (Å²) in [7, 11) is 1.58. The van der Waals surface area contributed by atoms with E-state index in [0.717, 1.165) is 38.5 Å². The van der Waals surface area contributed by atoms with E-state index in [2.05, 4.69) is 13.8 Å². The third-order valence-corrected chi connectivity index (χ3v) is 8.81. The minimum absolute atomic E-state index is 0.0114. The van der Waals surface area contributed by atoms with E-state index in [0.29, 0.717) is 19.6 Å². The molecule has 0 aliphatic rings. The van der Waals surface area contributed by atoms with Gasteiger partial charge in [-0.15, -0.1) is 0 Å². The minimum atomic E-state index is -0.876. The van der Waals surface area contributed by atoms with Crippen LogP contribution in [0.3, 0.4) is 0 Å². The minimum Gasteiger partial charge on any atom is -0.463 e. The zero-order chi connectivity index (χ0) is 37.5. The van der Waals surface area contributed by atoms with E-state index in [-0.39, 0.29) is 64.0 Å². The fraction of sp³-hybridized carbons (Fsp3) is 0.902. The van der Waals surface area contributed by atoms with Gasteiger partial charge in [0.2, 0.25) is 0 Å². The highest BCUT2D eigenvalue weighted by Gasteiger charge is 2.20. The summed E-state index contributed by atoms with van der Waals surface area (Å²) in [5.41, 5.74) is 0. The highest BCUT2D eigenvalue weighted by molar-refractivity contribution is 5.73. The topological polar surface area (TPSA) is 124 Å². The monoisotopic (exact) mass is 729 g/mol. The van der Waals surface area contributed by atoms with Gasteiger partial charge in [-0.3, -0.25) is 19.2 Å². The third-order valence-electron chi connectivity index (χ3n) is 8.81. The molecule has 0 spiro atoms. The van der Waals surface area contributed by atoms with Gasteiger partial charge in [0.1, 0.15) is 19.8 Å². The molecule has 0 radical (unpaired) electrons. The van der Waals surface area contributed by atoms with Crippen molar-refractivity contribution in [2.75, 3.05) is 46.8 Å². The van der Waals surface area contributed by atoms with Crippen LogP contribution < -0.4 is 0 Å². The van der Waals surface area contributed by atoms with Crippen LogP contribution in [0.1, 0.15) is 187 Å². The highest BCUT2D eigenvalue weighted by atomic mass is 16.6. The van der Waals surface area contributed by atoms with Crippen molar-refractivity contribution in [2.45, 2.75) is 193 Å². The van der Waals surface area contributed by atoms with Gasteiger partial charge < -0.3 is 28.4 Å². The summed E-state index contributed by atoms with van der Waals surface area (Å²) in [6.45, 7) is 5.41. The van der Waals surface area contributed by atoms with Crippen LogP contribution in [0.5, 0.6) is 0 Å². The number of esters is 4. The lowest BCUT2D eigenvalue weighted by atomic mass is 10.1. The summed E-state index contributed by atoms with van der Waals surface area (Å²) < 4.78 is 31.6. The summed E-state index contributed by atoms with van der Waals surface area (Å²) in [6.07, 6.45) is 26.3. The van der Waals surface area contributed by atoms with Crippen LogP contribution in [0.2, 0.25) is 0 Å². The lowest BCUT2D eigenvalue weighted by Gasteiger charge is -2.18. The number of methoxy groups -OCH3 is 1. The van der Waals surface area contributed by atoms with Crippen molar-refractivity contribution >= 4 is 23.9 Å². The van der Waals surface area contributed by atoms with Crippen LogP contribution in [0.15, 0.2) is 0 Å². The number of ether oxygens (including phenoxy) is 6. The Hall–Kier alpha value is -2.20. The second-order valence-corrected chi connectivity index (χ2v) is 13.7. The molecule has 0 fully saturated rings. The van der Waals surface area contributed by atoms with Gasteiger partial charge in [0.15, 0.2) is 6.10 Å². The Morgan fingerprint density at radius 2 is 0.745 bits per heavy atom. The van der Waals surface area contributed by atoms with Gasteiger partial charge in [-0.2, -0.15) is 0 Å². The number of carbonyl (C=O) groups is 4. The molecule has 10 nitrogen and oxygen atoms in total. The molecule has 1 unspecified atom stereocenters. The van der Waals surface area contributed by atoms with Crippen LogP contribution in [0.25, 0.3) is 0 Å². The van der Waals surface area contributed by atoms with E-state index in [9.17, 15) is 19.2 Å². The van der Waals surface area contributed by atoms with Gasteiger partial charge in [-0.05, 0) is 19.3 Å². The molecular formula is C41H76O10. The maximum absolute atomic E-state index is 12.6. The van der Waals surface area contributed by atoms with E-state index < -0.39 is 18.0 Å². The summed E-state index contributed by atoms with van der Waals surface area (Å²) in [5.74, 6) is -1.67. The molecule has 0 heterocycles. The lowest BCUT2D eigenvalue weighted by Crippen LogP contribution is -2.31. The SMILES string of the molecule is CCCCCCCCCCCCCC(=O)OCC(COC(=O)CCCC(=O)OCCOCCOC)OC(=O)CCCCCCCCCCCCC. The molecule has 0 aliphatic carbocycles. The maximum Gasteiger partial charge on any atom is 0.306 e. The van der Waals surface area contributed by atoms with Gasteiger partial charge >= 0.3 is 23.9 Å². The Labute approximate surface area is 311 Å². The van der Waals surface area contributed by atoms with Gasteiger partial charge in [0.05, 0.1) is 19.8 Å². The molecular weight excluding hydrogens is 652 g/mol. The molecule has 0 aliphatic heterocycles. The Morgan fingerprint density at radius 1 is 0.392 bits per heavy atom. The second-order valence-electron chi connectivity index (χ2n) is 13.7. The van der Waals surface area contributed by atoms with Gasteiger partial charge in [-0.1, -0.05) is 142 Å². The molecule has 51 heavy (non-hydrogen) atoms. The fourth-order valence-electron chi connectivity index (χ4n) is 5.65. The van der Waals surface area contributed by atoms with Crippen LogP contribution >= 0.6 is 0 Å². The van der Waals surface area contributed by atoms with Crippen LogP contribution in [-0.4, -0.2) is 76.7 Å². The molecule has 300 valence electrons. The van der Waals surface area contributed by atoms with Crippen molar-refractivity contribution < 1.29 is 47.6 Å². The zero-order valence-electron chi connectivity index (χ0n) is 33.0. The molecule has 1 atom stereocenters. The third kappa shape index (κ3) is 37.4. The Bertz CT molecular complexity index is 818. The summed E-state index contributed by atoms with van der Waals surface area (Å²) >= 11 is 0. The molecule has 0 N–H and O–H groups in total. The lowest BCUT2D eigenvalue weighted by molar-refractivity contribution is -0.167. The van der Waals surface area contributed by atoms with Crippen molar-refractivity contribution in [3.8, 4) is 0 Å². The van der Waals surface area contributed by atoms with Crippen LogP contribution in [0, 0.1) is 0 Å². The fourth-order valence-corrected chi connectivity index (χ4v) is 5.65. The Balaban J connectivity index is 4.42. The molecule has 10 heteroatoms. The number of hydrogen-bond acceptors (Lipinski definition) is 10. The van der Waals surface area contributed by atoms with Crippen molar-refractivity contribution in [2.24, 2.45) is 0 Å². The zero-order valence-corrected chi connectivity index (χ0v) is 33.0. The summed E-state index contributed by atoms with van der Waals surface area (Å²) in [6, 6.07) is 0. The number of rotatable bonds is 39. The second kappa shape index (κ2) is 39.0. The largest absolute Gasteiger partial charge is 0.463 e. The molecule has 0 amide bonds. The molecule has 0 bridgehead atoms. The normalized spacial score (nSPS) is 11.7. The van der Waals surface area contributed by atoms with Crippen molar-refractivity contribution in [1.29, 1.82) is 0 Å². The van der Waals surface area contributed by atoms with E-state index >= 15 is 0 Å². The van der Waals surface area contributed by atoms with E-state index in [1.165, 1.54) is 103 Å². The van der Waals surface area contributed by atoms with Crippen LogP contribution in [-0.2, 0) is 47.6 Å². The van der Waals surface area contributed by atoms with Crippen molar-refractivity contribution in [3.63, 3.8) is 0 Å². The first-order valence-electron chi connectivity index (χ1n) is 20.7. The highest BCUT2D eigenvalue weighted by Crippen LogP contribution is 2.14. The van der Waals surface area contributed by atoms with Crippen molar-refractivity contribution in [3.05, 3.63) is 0 Å². The molecule has 0 aromatic heterocycles. The van der Waals surface area contributed by atoms with Crippen LogP contribution in [0.4, 0.5) is 0 Å². The maximum atomic E-state index is 12.6. The standard InChI is InChI=1S/C41H76O10/c1-4-6-8-10-12-14-16-18-20-22-24-27-39(43)49-35-37(51-41(45)28-25-23-21-19-17-15-13-11-9-7-5-2)36-50-40(44)30-26-29-38(42)48-34-33-47-32-31-46-3/h37H,4-36H2,1-3H3. The van der Waals surface area contributed by atoms with Gasteiger partial charge in [0.25, 0.3) is 0 Å². The Morgan fingerprint density at radius 3 is 1.18 bits per heavy atom. The molecule has 0 saturated carbocycles. The number of hydrogen-bond donors (Lipinski definition) is 0. The predicted octanol–water partition coefficient (Wildman–Crippen LogP) is 9.76. The molecule has 0 rings (SSSR count). The smallest absolute Gasteiger partial charge is 0.306 e. The quantitative estimate of drug-likeness (QED) is 0.0343. The molecule has 0 saturated heterocycles. The summed E-state index contributed by atoms with van der Waals surface area (Å²) in [5, 5.41) is 0. The van der Waals surface area contributed by atoms with E-state index in [4.69, 9.17) is 28.4 Å². The first-order valence-corrected chi connectivity index (χ1v) is 20.7. The average Bonchev–Trinajstić information content (AvgIpc) is 3.12. The Kier molecular flexibility index (Phi) is 37.3. The number of unbranched alkanes of at least 4 members (excludes halogenated alkanes) is 20. The molecule has 0 aromatic rings. The average molecular weight is 729 g/mol.